The Labute approximate surface area is 114 Å². The maximum absolute atomic E-state index is 12.0. The van der Waals surface area contributed by atoms with Gasteiger partial charge in [-0.3, -0.25) is 4.79 Å². The summed E-state index contributed by atoms with van der Waals surface area (Å²) >= 11 is 3.31. The summed E-state index contributed by atoms with van der Waals surface area (Å²) in [5, 5.41) is 2.81. The van der Waals surface area contributed by atoms with Crippen LogP contribution < -0.4 is 11.1 Å². The number of carbonyl (C=O) groups excluding carboxylic acids is 1. The number of ether oxygens (including phenoxy) is 2. The molecule has 5 nitrogen and oxygen atoms in total. The number of halogens is 1. The summed E-state index contributed by atoms with van der Waals surface area (Å²) in [7, 11) is 0. The van der Waals surface area contributed by atoms with E-state index in [1.807, 2.05) is 0 Å². The van der Waals surface area contributed by atoms with Gasteiger partial charge in [-0.25, -0.2) is 0 Å². The van der Waals surface area contributed by atoms with Crippen molar-refractivity contribution in [2.75, 3.05) is 32.1 Å². The number of anilines is 1. The molecule has 1 amide bonds. The van der Waals surface area contributed by atoms with Gasteiger partial charge in [-0.1, -0.05) is 6.07 Å². The predicted octanol–water partition coefficient (Wildman–Crippen LogP) is 1.18. The zero-order chi connectivity index (χ0) is 13.0. The second-order valence-electron chi connectivity index (χ2n) is 3.99. The molecule has 0 aliphatic carbocycles. The van der Waals surface area contributed by atoms with E-state index in [0.717, 1.165) is 0 Å². The minimum absolute atomic E-state index is 0.0810. The van der Waals surface area contributed by atoms with E-state index in [-0.39, 0.29) is 12.0 Å². The molecule has 1 aromatic rings. The molecule has 3 N–H and O–H groups in total. The molecule has 0 aromatic heterocycles. The lowest BCUT2D eigenvalue weighted by Crippen LogP contribution is -2.39. The van der Waals surface area contributed by atoms with Crippen molar-refractivity contribution in [3.05, 3.63) is 28.2 Å². The Morgan fingerprint density at radius 1 is 1.50 bits per heavy atom. The average molecular weight is 315 g/mol. The van der Waals surface area contributed by atoms with Gasteiger partial charge in [-0.2, -0.15) is 0 Å². The minimum Gasteiger partial charge on any atom is -0.398 e. The Balaban J connectivity index is 1.93. The number of rotatable bonds is 3. The SMILES string of the molecule is Nc1cccc(C(=O)NCC2COCCO2)c1Br. The monoisotopic (exact) mass is 314 g/mol. The zero-order valence-electron chi connectivity index (χ0n) is 9.82. The van der Waals surface area contributed by atoms with Crippen molar-refractivity contribution >= 4 is 27.5 Å². The zero-order valence-corrected chi connectivity index (χ0v) is 11.4. The molecule has 0 spiro atoms. The van der Waals surface area contributed by atoms with Gasteiger partial charge in [0.15, 0.2) is 0 Å². The Kier molecular flexibility index (Phi) is 4.57. The van der Waals surface area contributed by atoms with E-state index in [1.165, 1.54) is 0 Å². The number of hydrogen-bond acceptors (Lipinski definition) is 4. The number of nitrogen functional groups attached to an aromatic ring is 1. The van der Waals surface area contributed by atoms with Gasteiger partial charge in [0.1, 0.15) is 0 Å². The molecule has 1 aromatic carbocycles. The molecule has 1 fully saturated rings. The Morgan fingerprint density at radius 2 is 2.33 bits per heavy atom. The molecule has 1 heterocycles. The first-order valence-corrected chi connectivity index (χ1v) is 6.49. The average Bonchev–Trinajstić information content (AvgIpc) is 2.40. The molecule has 6 heteroatoms. The van der Waals surface area contributed by atoms with Gasteiger partial charge in [-0.15, -0.1) is 0 Å². The lowest BCUT2D eigenvalue weighted by Gasteiger charge is -2.23. The van der Waals surface area contributed by atoms with Crippen molar-refractivity contribution in [2.24, 2.45) is 0 Å². The number of benzene rings is 1. The molecule has 1 aliphatic rings. The number of amides is 1. The van der Waals surface area contributed by atoms with Crippen LogP contribution in [-0.2, 0) is 9.47 Å². The number of hydrogen-bond donors (Lipinski definition) is 2. The van der Waals surface area contributed by atoms with Crippen LogP contribution in [0, 0.1) is 0 Å². The highest BCUT2D eigenvalue weighted by atomic mass is 79.9. The fraction of sp³-hybridized carbons (Fsp3) is 0.417. The maximum atomic E-state index is 12.0. The molecular formula is C12H15BrN2O3. The van der Waals surface area contributed by atoms with E-state index in [4.69, 9.17) is 15.2 Å². The number of nitrogens with one attached hydrogen (secondary N) is 1. The molecular weight excluding hydrogens is 300 g/mol. The van der Waals surface area contributed by atoms with Crippen LogP contribution >= 0.6 is 15.9 Å². The summed E-state index contributed by atoms with van der Waals surface area (Å²) in [5.41, 5.74) is 6.79. The van der Waals surface area contributed by atoms with Crippen molar-refractivity contribution in [2.45, 2.75) is 6.10 Å². The predicted molar refractivity (Wildman–Crippen MR) is 71.4 cm³/mol. The Morgan fingerprint density at radius 3 is 3.06 bits per heavy atom. The molecule has 0 bridgehead atoms. The van der Waals surface area contributed by atoms with E-state index < -0.39 is 0 Å². The van der Waals surface area contributed by atoms with Gasteiger partial charge >= 0.3 is 0 Å². The fourth-order valence-electron chi connectivity index (χ4n) is 1.68. The van der Waals surface area contributed by atoms with E-state index in [1.54, 1.807) is 18.2 Å². The molecule has 1 saturated heterocycles. The highest BCUT2D eigenvalue weighted by Crippen LogP contribution is 2.23. The first-order valence-electron chi connectivity index (χ1n) is 5.70. The quantitative estimate of drug-likeness (QED) is 0.822. The first kappa shape index (κ1) is 13.3. The van der Waals surface area contributed by atoms with Crippen molar-refractivity contribution in [3.63, 3.8) is 0 Å². The molecule has 18 heavy (non-hydrogen) atoms. The van der Waals surface area contributed by atoms with Crippen LogP contribution in [0.25, 0.3) is 0 Å². The summed E-state index contributed by atoms with van der Waals surface area (Å²) in [6.07, 6.45) is -0.0810. The van der Waals surface area contributed by atoms with Gasteiger partial charge in [0, 0.05) is 12.2 Å². The standard InChI is InChI=1S/C12H15BrN2O3/c13-11-9(2-1-3-10(11)14)12(16)15-6-8-7-17-4-5-18-8/h1-3,8H,4-7,14H2,(H,15,16). The first-order chi connectivity index (χ1) is 8.68. The van der Waals surface area contributed by atoms with Crippen LogP contribution in [-0.4, -0.2) is 38.4 Å². The van der Waals surface area contributed by atoms with Crippen molar-refractivity contribution in [3.8, 4) is 0 Å². The molecule has 1 aliphatic heterocycles. The van der Waals surface area contributed by atoms with Crippen molar-refractivity contribution in [1.82, 2.24) is 5.32 Å². The van der Waals surface area contributed by atoms with Crippen LogP contribution in [0.15, 0.2) is 22.7 Å². The van der Waals surface area contributed by atoms with Crippen LogP contribution in [0.4, 0.5) is 5.69 Å². The van der Waals surface area contributed by atoms with Crippen LogP contribution in [0.3, 0.4) is 0 Å². The van der Waals surface area contributed by atoms with E-state index >= 15 is 0 Å². The molecule has 0 saturated carbocycles. The molecule has 98 valence electrons. The molecule has 0 radical (unpaired) electrons. The van der Waals surface area contributed by atoms with Gasteiger partial charge in [-0.05, 0) is 28.1 Å². The fourth-order valence-corrected chi connectivity index (χ4v) is 2.13. The van der Waals surface area contributed by atoms with Crippen LogP contribution in [0.2, 0.25) is 0 Å². The van der Waals surface area contributed by atoms with Crippen molar-refractivity contribution in [1.29, 1.82) is 0 Å². The molecule has 1 atom stereocenters. The lowest BCUT2D eigenvalue weighted by atomic mass is 10.2. The third kappa shape index (κ3) is 3.22. The van der Waals surface area contributed by atoms with Gasteiger partial charge in [0.2, 0.25) is 0 Å². The van der Waals surface area contributed by atoms with Crippen LogP contribution in [0.5, 0.6) is 0 Å². The van der Waals surface area contributed by atoms with E-state index in [9.17, 15) is 4.79 Å². The summed E-state index contributed by atoms with van der Waals surface area (Å²) in [6.45, 7) is 2.13. The maximum Gasteiger partial charge on any atom is 0.252 e. The Hall–Kier alpha value is -1.11. The molecule has 2 rings (SSSR count). The highest BCUT2D eigenvalue weighted by Gasteiger charge is 2.17. The largest absolute Gasteiger partial charge is 0.398 e. The lowest BCUT2D eigenvalue weighted by molar-refractivity contribution is -0.0855. The summed E-state index contributed by atoms with van der Waals surface area (Å²) in [4.78, 5) is 12.0. The van der Waals surface area contributed by atoms with Gasteiger partial charge in [0.05, 0.1) is 36.0 Å². The second kappa shape index (κ2) is 6.17. The van der Waals surface area contributed by atoms with E-state index in [0.29, 0.717) is 42.1 Å². The highest BCUT2D eigenvalue weighted by molar-refractivity contribution is 9.10. The number of nitrogens with two attached hydrogens (primary N) is 1. The Bertz CT molecular complexity index is 433. The summed E-state index contributed by atoms with van der Waals surface area (Å²) < 4.78 is 11.3. The van der Waals surface area contributed by atoms with Gasteiger partial charge in [0.25, 0.3) is 5.91 Å². The van der Waals surface area contributed by atoms with Crippen molar-refractivity contribution < 1.29 is 14.3 Å². The smallest absolute Gasteiger partial charge is 0.252 e. The summed E-state index contributed by atoms with van der Waals surface area (Å²) in [5.74, 6) is -0.177. The normalized spacial score (nSPS) is 19.5. The minimum atomic E-state index is -0.177. The van der Waals surface area contributed by atoms with Gasteiger partial charge < -0.3 is 20.5 Å². The molecule has 1 unspecified atom stereocenters. The second-order valence-corrected chi connectivity index (χ2v) is 4.78. The third-order valence-corrected chi connectivity index (χ3v) is 3.53. The topological polar surface area (TPSA) is 73.6 Å². The number of carbonyl (C=O) groups is 1. The summed E-state index contributed by atoms with van der Waals surface area (Å²) in [6, 6.07) is 5.20. The third-order valence-electron chi connectivity index (χ3n) is 2.65. The van der Waals surface area contributed by atoms with Crippen LogP contribution in [0.1, 0.15) is 10.4 Å². The van der Waals surface area contributed by atoms with E-state index in [2.05, 4.69) is 21.2 Å².